The predicted molar refractivity (Wildman–Crippen MR) is 88.9 cm³/mol. The summed E-state index contributed by atoms with van der Waals surface area (Å²) in [4.78, 5) is 13.9. The van der Waals surface area contributed by atoms with Gasteiger partial charge in [0.15, 0.2) is 0 Å². The van der Waals surface area contributed by atoms with Crippen molar-refractivity contribution >= 4 is 6.09 Å². The summed E-state index contributed by atoms with van der Waals surface area (Å²) < 4.78 is 4.95. The highest BCUT2D eigenvalue weighted by Crippen LogP contribution is 2.34. The van der Waals surface area contributed by atoms with E-state index in [1.54, 1.807) is 0 Å². The van der Waals surface area contributed by atoms with E-state index < -0.39 is 0 Å². The van der Waals surface area contributed by atoms with Gasteiger partial charge in [0.2, 0.25) is 0 Å². The largest absolute Gasteiger partial charge is 0.453 e. The molecule has 2 rings (SSSR count). The molecule has 1 unspecified atom stereocenters. The molecule has 1 aromatic carbocycles. The summed E-state index contributed by atoms with van der Waals surface area (Å²) in [6, 6.07) is 6.84. The number of carbonyl (C=O) groups excluding carboxylic acids is 1. The van der Waals surface area contributed by atoms with Gasteiger partial charge in [0.1, 0.15) is 0 Å². The van der Waals surface area contributed by atoms with Crippen molar-refractivity contribution in [2.45, 2.75) is 52.1 Å². The van der Waals surface area contributed by atoms with Crippen molar-refractivity contribution in [3.63, 3.8) is 0 Å². The first-order valence-electron chi connectivity index (χ1n) is 8.38. The van der Waals surface area contributed by atoms with Crippen LogP contribution in [0.3, 0.4) is 0 Å². The van der Waals surface area contributed by atoms with Crippen molar-refractivity contribution in [3.05, 3.63) is 34.9 Å². The Labute approximate surface area is 133 Å². The third-order valence-electron chi connectivity index (χ3n) is 4.29. The number of benzene rings is 1. The minimum atomic E-state index is -0.210. The molecule has 122 valence electrons. The van der Waals surface area contributed by atoms with Gasteiger partial charge in [0, 0.05) is 13.1 Å². The molecule has 0 radical (unpaired) electrons. The van der Waals surface area contributed by atoms with Crippen LogP contribution >= 0.6 is 0 Å². The highest BCUT2D eigenvalue weighted by molar-refractivity contribution is 5.69. The second-order valence-corrected chi connectivity index (χ2v) is 5.93. The average Bonchev–Trinajstić information content (AvgIpc) is 2.54. The van der Waals surface area contributed by atoms with E-state index in [0.717, 1.165) is 45.3 Å². The van der Waals surface area contributed by atoms with E-state index in [4.69, 9.17) is 4.74 Å². The molecule has 1 aromatic rings. The first-order valence-corrected chi connectivity index (χ1v) is 8.38. The topological polar surface area (TPSA) is 41.6 Å². The highest BCUT2D eigenvalue weighted by Gasteiger charge is 2.30. The number of amides is 1. The normalized spacial score (nSPS) is 17.2. The molecule has 22 heavy (non-hydrogen) atoms. The first kappa shape index (κ1) is 16.8. The van der Waals surface area contributed by atoms with Gasteiger partial charge >= 0.3 is 6.09 Å². The Morgan fingerprint density at radius 1 is 1.36 bits per heavy atom. The van der Waals surface area contributed by atoms with Gasteiger partial charge in [0.25, 0.3) is 0 Å². The van der Waals surface area contributed by atoms with Gasteiger partial charge in [-0.3, -0.25) is 0 Å². The summed E-state index contributed by atoms with van der Waals surface area (Å²) >= 11 is 0. The van der Waals surface area contributed by atoms with Gasteiger partial charge in [-0.15, -0.1) is 0 Å². The Bertz CT molecular complexity index is 502. The SMILES string of the molecule is CCCNCc1ccc2c(c1)CCN(C(=O)OC)C2CCC. The van der Waals surface area contributed by atoms with E-state index >= 15 is 0 Å². The summed E-state index contributed by atoms with van der Waals surface area (Å²) in [6.07, 6.45) is 3.88. The zero-order valence-corrected chi connectivity index (χ0v) is 14.0. The number of fused-ring (bicyclic) bond motifs is 1. The number of nitrogens with one attached hydrogen (secondary N) is 1. The van der Waals surface area contributed by atoms with Crippen LogP contribution < -0.4 is 5.32 Å². The fourth-order valence-electron chi connectivity index (χ4n) is 3.21. The molecule has 1 aliphatic heterocycles. The molecule has 0 aromatic heterocycles. The van der Waals surface area contributed by atoms with E-state index in [1.165, 1.54) is 23.8 Å². The summed E-state index contributed by atoms with van der Waals surface area (Å²) in [5.41, 5.74) is 4.00. The Kier molecular flexibility index (Phi) is 6.25. The van der Waals surface area contributed by atoms with Crippen LogP contribution in [0.25, 0.3) is 0 Å². The second-order valence-electron chi connectivity index (χ2n) is 5.93. The van der Waals surface area contributed by atoms with Crippen molar-refractivity contribution in [2.75, 3.05) is 20.2 Å². The minimum Gasteiger partial charge on any atom is -0.453 e. The zero-order chi connectivity index (χ0) is 15.9. The van der Waals surface area contributed by atoms with Gasteiger partial charge in [-0.25, -0.2) is 4.79 Å². The average molecular weight is 304 g/mol. The number of nitrogens with zero attached hydrogens (tertiary/aromatic N) is 1. The standard InChI is InChI=1S/C18H28N2O2/c1-4-6-17-16-8-7-14(13-19-10-5-2)12-15(16)9-11-20(17)18(21)22-3/h7-8,12,17,19H,4-6,9-11,13H2,1-3H3. The van der Waals surface area contributed by atoms with E-state index in [0.29, 0.717) is 0 Å². The summed E-state index contributed by atoms with van der Waals surface area (Å²) in [5, 5.41) is 3.45. The Hall–Kier alpha value is -1.55. The van der Waals surface area contributed by atoms with Gasteiger partial charge in [-0.05, 0) is 42.5 Å². The smallest absolute Gasteiger partial charge is 0.410 e. The van der Waals surface area contributed by atoms with Crippen LogP contribution in [-0.2, 0) is 17.7 Å². The highest BCUT2D eigenvalue weighted by atomic mass is 16.5. The molecular weight excluding hydrogens is 276 g/mol. The van der Waals surface area contributed by atoms with Crippen molar-refractivity contribution in [1.82, 2.24) is 10.2 Å². The maximum Gasteiger partial charge on any atom is 0.410 e. The molecule has 4 nitrogen and oxygen atoms in total. The summed E-state index contributed by atoms with van der Waals surface area (Å²) in [6.45, 7) is 7.05. The molecule has 1 amide bonds. The lowest BCUT2D eigenvalue weighted by atomic mass is 9.89. The number of hydrogen-bond acceptors (Lipinski definition) is 3. The fraction of sp³-hybridized carbons (Fsp3) is 0.611. The molecule has 1 aliphatic rings. The molecule has 0 fully saturated rings. The number of methoxy groups -OCH3 is 1. The molecule has 0 saturated carbocycles. The molecule has 4 heteroatoms. The van der Waals surface area contributed by atoms with Crippen LogP contribution in [0.1, 0.15) is 55.8 Å². The van der Waals surface area contributed by atoms with Crippen LogP contribution in [0, 0.1) is 0 Å². The number of carbonyl (C=O) groups is 1. The van der Waals surface area contributed by atoms with Crippen LogP contribution in [-0.4, -0.2) is 31.2 Å². The molecule has 1 N–H and O–H groups in total. The monoisotopic (exact) mass is 304 g/mol. The molecule has 1 heterocycles. The molecular formula is C18H28N2O2. The van der Waals surface area contributed by atoms with Crippen molar-refractivity contribution < 1.29 is 9.53 Å². The third-order valence-corrected chi connectivity index (χ3v) is 4.29. The van der Waals surface area contributed by atoms with Crippen LogP contribution in [0.5, 0.6) is 0 Å². The fourth-order valence-corrected chi connectivity index (χ4v) is 3.21. The van der Waals surface area contributed by atoms with Gasteiger partial charge in [0.05, 0.1) is 13.2 Å². The molecule has 1 atom stereocenters. The zero-order valence-electron chi connectivity index (χ0n) is 14.0. The van der Waals surface area contributed by atoms with E-state index in [-0.39, 0.29) is 12.1 Å². The van der Waals surface area contributed by atoms with Gasteiger partial charge in [-0.2, -0.15) is 0 Å². The lowest BCUT2D eigenvalue weighted by Gasteiger charge is -2.36. The predicted octanol–water partition coefficient (Wildman–Crippen LogP) is 3.65. The Morgan fingerprint density at radius 2 is 2.18 bits per heavy atom. The van der Waals surface area contributed by atoms with E-state index in [1.807, 2.05) is 4.90 Å². The molecule has 0 saturated heterocycles. The number of ether oxygens (including phenoxy) is 1. The second kappa shape index (κ2) is 8.18. The number of rotatable bonds is 6. The van der Waals surface area contributed by atoms with Gasteiger partial charge < -0.3 is 15.0 Å². The quantitative estimate of drug-likeness (QED) is 0.816. The third kappa shape index (κ3) is 3.80. The van der Waals surface area contributed by atoms with Crippen LogP contribution in [0.2, 0.25) is 0 Å². The molecule has 0 spiro atoms. The first-order chi connectivity index (χ1) is 10.7. The minimum absolute atomic E-state index is 0.152. The van der Waals surface area contributed by atoms with Crippen molar-refractivity contribution in [2.24, 2.45) is 0 Å². The lowest BCUT2D eigenvalue weighted by Crippen LogP contribution is -2.40. The number of hydrogen-bond donors (Lipinski definition) is 1. The van der Waals surface area contributed by atoms with Crippen LogP contribution in [0.4, 0.5) is 4.79 Å². The molecule has 0 bridgehead atoms. The molecule has 0 aliphatic carbocycles. The van der Waals surface area contributed by atoms with Crippen molar-refractivity contribution in [1.29, 1.82) is 0 Å². The summed E-state index contributed by atoms with van der Waals surface area (Å²) in [7, 11) is 1.46. The Balaban J connectivity index is 2.19. The van der Waals surface area contributed by atoms with Crippen molar-refractivity contribution in [3.8, 4) is 0 Å². The maximum absolute atomic E-state index is 12.0. The van der Waals surface area contributed by atoms with E-state index in [2.05, 4.69) is 37.4 Å². The lowest BCUT2D eigenvalue weighted by molar-refractivity contribution is 0.0981. The Morgan fingerprint density at radius 3 is 2.86 bits per heavy atom. The summed E-state index contributed by atoms with van der Waals surface area (Å²) in [5.74, 6) is 0. The van der Waals surface area contributed by atoms with Gasteiger partial charge in [-0.1, -0.05) is 38.5 Å². The maximum atomic E-state index is 12.0. The van der Waals surface area contributed by atoms with E-state index in [9.17, 15) is 4.79 Å². The van der Waals surface area contributed by atoms with Crippen LogP contribution in [0.15, 0.2) is 18.2 Å².